The number of pyridine rings is 2. The molecule has 2 heterocycles. The lowest BCUT2D eigenvalue weighted by atomic mass is 10.1. The number of hydrogen-bond acceptors (Lipinski definition) is 3. The molecule has 1 N–H and O–H groups in total. The summed E-state index contributed by atoms with van der Waals surface area (Å²) in [7, 11) is 0. The van der Waals surface area contributed by atoms with Crippen LogP contribution in [0.15, 0.2) is 42.7 Å². The Hall–Kier alpha value is -1.74. The van der Waals surface area contributed by atoms with Crippen molar-refractivity contribution in [3.8, 4) is 0 Å². The standard InChI is InChI=1S/C14H17N3/c1-11-5-3-7-14(17-11)10-16-12(2)13-6-4-8-15-9-13/h3-9,12,16H,10H2,1-2H3. The second kappa shape index (κ2) is 5.55. The average Bonchev–Trinajstić information content (AvgIpc) is 2.37. The fourth-order valence-corrected chi connectivity index (χ4v) is 1.71. The predicted molar refractivity (Wildman–Crippen MR) is 68.5 cm³/mol. The van der Waals surface area contributed by atoms with Gasteiger partial charge in [-0.05, 0) is 37.6 Å². The second-order valence-electron chi connectivity index (χ2n) is 4.16. The third-order valence-corrected chi connectivity index (χ3v) is 2.72. The molecule has 0 saturated heterocycles. The van der Waals surface area contributed by atoms with E-state index in [1.807, 2.05) is 37.4 Å². The fourth-order valence-electron chi connectivity index (χ4n) is 1.71. The molecule has 0 aromatic carbocycles. The van der Waals surface area contributed by atoms with E-state index < -0.39 is 0 Å². The quantitative estimate of drug-likeness (QED) is 0.872. The molecule has 0 saturated carbocycles. The van der Waals surface area contributed by atoms with Crippen LogP contribution in [0.4, 0.5) is 0 Å². The SMILES string of the molecule is Cc1cccc(CNC(C)c2cccnc2)n1. The van der Waals surface area contributed by atoms with Gasteiger partial charge < -0.3 is 5.32 Å². The Balaban J connectivity index is 1.95. The first-order valence-corrected chi connectivity index (χ1v) is 5.81. The zero-order valence-electron chi connectivity index (χ0n) is 10.2. The van der Waals surface area contributed by atoms with Crippen molar-refractivity contribution in [2.75, 3.05) is 0 Å². The molecular weight excluding hydrogens is 210 g/mol. The normalized spacial score (nSPS) is 12.4. The minimum Gasteiger partial charge on any atom is -0.305 e. The Labute approximate surface area is 102 Å². The highest BCUT2D eigenvalue weighted by Crippen LogP contribution is 2.10. The molecule has 2 rings (SSSR count). The van der Waals surface area contributed by atoms with E-state index >= 15 is 0 Å². The maximum Gasteiger partial charge on any atom is 0.0545 e. The summed E-state index contributed by atoms with van der Waals surface area (Å²) in [6.45, 7) is 4.92. The topological polar surface area (TPSA) is 37.8 Å². The van der Waals surface area contributed by atoms with E-state index in [0.29, 0.717) is 0 Å². The number of nitrogens with one attached hydrogen (secondary N) is 1. The van der Waals surface area contributed by atoms with Crippen LogP contribution in [0.2, 0.25) is 0 Å². The van der Waals surface area contributed by atoms with Gasteiger partial charge in [-0.15, -0.1) is 0 Å². The van der Waals surface area contributed by atoms with E-state index in [1.54, 1.807) is 6.20 Å². The van der Waals surface area contributed by atoms with Crippen molar-refractivity contribution in [1.82, 2.24) is 15.3 Å². The summed E-state index contributed by atoms with van der Waals surface area (Å²) >= 11 is 0. The number of hydrogen-bond donors (Lipinski definition) is 1. The molecule has 88 valence electrons. The monoisotopic (exact) mass is 227 g/mol. The van der Waals surface area contributed by atoms with E-state index in [2.05, 4.69) is 28.3 Å². The van der Waals surface area contributed by atoms with Crippen molar-refractivity contribution in [3.63, 3.8) is 0 Å². The molecule has 0 bridgehead atoms. The van der Waals surface area contributed by atoms with Crippen molar-refractivity contribution >= 4 is 0 Å². The molecule has 0 radical (unpaired) electrons. The highest BCUT2D eigenvalue weighted by molar-refractivity contribution is 5.14. The number of nitrogens with zero attached hydrogens (tertiary/aromatic N) is 2. The van der Waals surface area contributed by atoms with Crippen LogP contribution >= 0.6 is 0 Å². The Morgan fingerprint density at radius 1 is 1.24 bits per heavy atom. The second-order valence-corrected chi connectivity index (χ2v) is 4.16. The molecule has 0 aliphatic carbocycles. The van der Waals surface area contributed by atoms with Gasteiger partial charge in [0.15, 0.2) is 0 Å². The lowest BCUT2D eigenvalue weighted by Gasteiger charge is -2.13. The van der Waals surface area contributed by atoms with Crippen molar-refractivity contribution in [2.45, 2.75) is 26.4 Å². The lowest BCUT2D eigenvalue weighted by molar-refractivity contribution is 0.565. The Bertz CT molecular complexity index is 468. The van der Waals surface area contributed by atoms with Gasteiger partial charge in [-0.3, -0.25) is 9.97 Å². The van der Waals surface area contributed by atoms with E-state index in [1.165, 1.54) is 5.56 Å². The molecule has 0 amide bonds. The van der Waals surface area contributed by atoms with Crippen LogP contribution in [0.1, 0.15) is 29.9 Å². The van der Waals surface area contributed by atoms with Crippen molar-refractivity contribution in [1.29, 1.82) is 0 Å². The van der Waals surface area contributed by atoms with Gasteiger partial charge in [-0.25, -0.2) is 0 Å². The van der Waals surface area contributed by atoms with Gasteiger partial charge in [0.1, 0.15) is 0 Å². The highest BCUT2D eigenvalue weighted by Gasteiger charge is 2.04. The number of aromatic nitrogens is 2. The molecule has 1 unspecified atom stereocenters. The minimum absolute atomic E-state index is 0.283. The van der Waals surface area contributed by atoms with E-state index in [-0.39, 0.29) is 6.04 Å². The molecule has 0 spiro atoms. The molecule has 0 fully saturated rings. The molecule has 2 aromatic heterocycles. The molecule has 3 heteroatoms. The van der Waals surface area contributed by atoms with Crippen LogP contribution in [-0.2, 0) is 6.54 Å². The molecule has 1 atom stereocenters. The number of aryl methyl sites for hydroxylation is 1. The summed E-state index contributed by atoms with van der Waals surface area (Å²) < 4.78 is 0. The first-order valence-electron chi connectivity index (χ1n) is 5.81. The summed E-state index contributed by atoms with van der Waals surface area (Å²) in [5.74, 6) is 0. The van der Waals surface area contributed by atoms with E-state index in [4.69, 9.17) is 0 Å². The zero-order chi connectivity index (χ0) is 12.1. The summed E-state index contributed by atoms with van der Waals surface area (Å²) in [6.07, 6.45) is 3.68. The van der Waals surface area contributed by atoms with Gasteiger partial charge >= 0.3 is 0 Å². The molecule has 17 heavy (non-hydrogen) atoms. The first kappa shape index (κ1) is 11.7. The Kier molecular flexibility index (Phi) is 3.83. The smallest absolute Gasteiger partial charge is 0.0545 e. The Morgan fingerprint density at radius 3 is 2.82 bits per heavy atom. The molecule has 0 aliphatic heterocycles. The third kappa shape index (κ3) is 3.36. The number of rotatable bonds is 4. The first-order chi connectivity index (χ1) is 8.25. The summed E-state index contributed by atoms with van der Waals surface area (Å²) in [5.41, 5.74) is 3.32. The summed E-state index contributed by atoms with van der Waals surface area (Å²) in [4.78, 5) is 8.58. The van der Waals surface area contributed by atoms with Crippen molar-refractivity contribution in [2.24, 2.45) is 0 Å². The summed E-state index contributed by atoms with van der Waals surface area (Å²) in [5, 5.41) is 3.44. The van der Waals surface area contributed by atoms with Crippen LogP contribution in [0.3, 0.4) is 0 Å². The van der Waals surface area contributed by atoms with Gasteiger partial charge in [0.25, 0.3) is 0 Å². The maximum atomic E-state index is 4.46. The Morgan fingerprint density at radius 2 is 2.12 bits per heavy atom. The fraction of sp³-hybridized carbons (Fsp3) is 0.286. The largest absolute Gasteiger partial charge is 0.305 e. The average molecular weight is 227 g/mol. The van der Waals surface area contributed by atoms with E-state index in [0.717, 1.165) is 17.9 Å². The van der Waals surface area contributed by atoms with Gasteiger partial charge in [0, 0.05) is 30.7 Å². The minimum atomic E-state index is 0.283. The van der Waals surface area contributed by atoms with Crippen LogP contribution in [0.5, 0.6) is 0 Å². The molecule has 3 nitrogen and oxygen atoms in total. The van der Waals surface area contributed by atoms with Crippen LogP contribution in [-0.4, -0.2) is 9.97 Å². The van der Waals surface area contributed by atoms with Gasteiger partial charge in [-0.1, -0.05) is 12.1 Å². The lowest BCUT2D eigenvalue weighted by Crippen LogP contribution is -2.18. The highest BCUT2D eigenvalue weighted by atomic mass is 14.9. The van der Waals surface area contributed by atoms with E-state index in [9.17, 15) is 0 Å². The van der Waals surface area contributed by atoms with Crippen molar-refractivity contribution < 1.29 is 0 Å². The molecular formula is C14H17N3. The molecule has 2 aromatic rings. The maximum absolute atomic E-state index is 4.46. The van der Waals surface area contributed by atoms with Crippen molar-refractivity contribution in [3.05, 3.63) is 59.7 Å². The predicted octanol–water partition coefficient (Wildman–Crippen LogP) is 2.64. The van der Waals surface area contributed by atoms with Gasteiger partial charge in [0.05, 0.1) is 5.69 Å². The summed E-state index contributed by atoms with van der Waals surface area (Å²) in [6, 6.07) is 10.4. The zero-order valence-corrected chi connectivity index (χ0v) is 10.2. The van der Waals surface area contributed by atoms with Crippen LogP contribution < -0.4 is 5.32 Å². The van der Waals surface area contributed by atoms with Crippen LogP contribution in [0.25, 0.3) is 0 Å². The van der Waals surface area contributed by atoms with Gasteiger partial charge in [0.2, 0.25) is 0 Å². The van der Waals surface area contributed by atoms with Crippen LogP contribution in [0, 0.1) is 6.92 Å². The third-order valence-electron chi connectivity index (χ3n) is 2.72. The van der Waals surface area contributed by atoms with Gasteiger partial charge in [-0.2, -0.15) is 0 Å². The molecule has 0 aliphatic rings.